The van der Waals surface area contributed by atoms with Crippen molar-refractivity contribution in [2.75, 3.05) is 25.1 Å². The van der Waals surface area contributed by atoms with Gasteiger partial charge in [0.2, 0.25) is 0 Å². The molecule has 0 unspecified atom stereocenters. The van der Waals surface area contributed by atoms with Gasteiger partial charge in [0.1, 0.15) is 11.6 Å². The third-order valence-corrected chi connectivity index (χ3v) is 6.32. The van der Waals surface area contributed by atoms with Crippen LogP contribution in [0.5, 0.6) is 0 Å². The standard InChI is InChI=1S/C25H26ClF2N3O4/c1-14(20-10-29-23(32)18-6-4-16(27)8-19(18)20)31(11-15-12-34-25(2,3)35-13-15)24(33)30-17-5-7-22(28)21(26)9-17/h4-10,14-15H,11-13H2,1-3H3,(H,29,32)(H,30,33)/t14-/m0/s1. The van der Waals surface area contributed by atoms with Crippen LogP contribution in [-0.2, 0) is 9.47 Å². The van der Waals surface area contributed by atoms with Gasteiger partial charge in [-0.15, -0.1) is 0 Å². The Bertz CT molecular complexity index is 1300. The number of benzene rings is 2. The van der Waals surface area contributed by atoms with E-state index in [0.717, 1.165) is 6.07 Å². The zero-order chi connectivity index (χ0) is 25.3. The second-order valence-electron chi connectivity index (χ2n) is 9.04. The molecule has 1 aliphatic rings. The van der Waals surface area contributed by atoms with Crippen LogP contribution in [0.25, 0.3) is 10.8 Å². The van der Waals surface area contributed by atoms with Crippen molar-refractivity contribution in [2.24, 2.45) is 5.92 Å². The van der Waals surface area contributed by atoms with Crippen LogP contribution in [-0.4, -0.2) is 41.5 Å². The molecule has 0 radical (unpaired) electrons. The van der Waals surface area contributed by atoms with E-state index in [4.69, 9.17) is 21.1 Å². The van der Waals surface area contributed by atoms with Crippen LogP contribution in [0, 0.1) is 17.6 Å². The van der Waals surface area contributed by atoms with Crippen molar-refractivity contribution < 1.29 is 23.0 Å². The fraction of sp³-hybridized carbons (Fsp3) is 0.360. The van der Waals surface area contributed by atoms with Gasteiger partial charge in [0.15, 0.2) is 5.79 Å². The van der Waals surface area contributed by atoms with Gasteiger partial charge < -0.3 is 24.7 Å². The SMILES string of the molecule is C[C@@H](c1c[nH]c(=O)c2ccc(F)cc12)N(CC1COC(C)(C)OC1)C(=O)Nc1ccc(F)c(Cl)c1. The van der Waals surface area contributed by atoms with Crippen molar-refractivity contribution >= 4 is 34.1 Å². The average molecular weight is 506 g/mol. The van der Waals surface area contributed by atoms with E-state index in [-0.39, 0.29) is 23.0 Å². The number of halogens is 3. The molecule has 4 rings (SSSR count). The number of pyridine rings is 1. The zero-order valence-corrected chi connectivity index (χ0v) is 20.3. The van der Waals surface area contributed by atoms with E-state index < -0.39 is 29.5 Å². The highest BCUT2D eigenvalue weighted by Gasteiger charge is 2.32. The number of urea groups is 1. The van der Waals surface area contributed by atoms with E-state index >= 15 is 0 Å². The molecule has 0 spiro atoms. The highest BCUT2D eigenvalue weighted by Crippen LogP contribution is 2.30. The van der Waals surface area contributed by atoms with Crippen molar-refractivity contribution in [3.8, 4) is 0 Å². The first-order chi connectivity index (χ1) is 16.5. The first kappa shape index (κ1) is 25.1. The molecule has 0 saturated carbocycles. The third-order valence-electron chi connectivity index (χ3n) is 6.03. The van der Waals surface area contributed by atoms with Crippen LogP contribution in [0.1, 0.15) is 32.4 Å². The minimum absolute atomic E-state index is 0.124. The number of anilines is 1. The number of nitrogens with one attached hydrogen (secondary N) is 2. The van der Waals surface area contributed by atoms with Gasteiger partial charge in [0, 0.05) is 29.7 Å². The topological polar surface area (TPSA) is 83.7 Å². The summed E-state index contributed by atoms with van der Waals surface area (Å²) in [5.41, 5.74) is 0.516. The number of hydrogen-bond donors (Lipinski definition) is 2. The lowest BCUT2D eigenvalue weighted by Crippen LogP contribution is -2.47. The Morgan fingerprint density at radius 2 is 1.91 bits per heavy atom. The first-order valence-electron chi connectivity index (χ1n) is 11.2. The Hall–Kier alpha value is -3.01. The Morgan fingerprint density at radius 1 is 1.20 bits per heavy atom. The van der Waals surface area contributed by atoms with Crippen LogP contribution in [0.15, 0.2) is 47.4 Å². The summed E-state index contributed by atoms with van der Waals surface area (Å²) in [5.74, 6) is -1.95. The third kappa shape index (κ3) is 5.63. The summed E-state index contributed by atoms with van der Waals surface area (Å²) in [4.78, 5) is 30.0. The fourth-order valence-electron chi connectivity index (χ4n) is 4.06. The van der Waals surface area contributed by atoms with E-state index in [0.29, 0.717) is 35.2 Å². The van der Waals surface area contributed by atoms with E-state index in [1.54, 1.807) is 11.8 Å². The van der Waals surface area contributed by atoms with Crippen molar-refractivity contribution in [2.45, 2.75) is 32.6 Å². The predicted octanol–water partition coefficient (Wildman–Crippen LogP) is 5.45. The van der Waals surface area contributed by atoms with Crippen LogP contribution in [0.4, 0.5) is 19.3 Å². The normalized spacial score (nSPS) is 16.7. The van der Waals surface area contributed by atoms with E-state index in [9.17, 15) is 18.4 Å². The van der Waals surface area contributed by atoms with Crippen LogP contribution < -0.4 is 10.9 Å². The maximum Gasteiger partial charge on any atom is 0.322 e. The number of carbonyl (C=O) groups excluding carboxylic acids is 1. The van der Waals surface area contributed by atoms with E-state index in [1.807, 2.05) is 13.8 Å². The van der Waals surface area contributed by atoms with Crippen molar-refractivity contribution in [1.82, 2.24) is 9.88 Å². The number of ether oxygens (including phenoxy) is 2. The zero-order valence-electron chi connectivity index (χ0n) is 19.5. The maximum atomic E-state index is 14.1. The molecular formula is C25H26ClF2N3O4. The Kier molecular flexibility index (Phi) is 7.12. The molecule has 7 nitrogen and oxygen atoms in total. The largest absolute Gasteiger partial charge is 0.350 e. The molecule has 0 bridgehead atoms. The molecule has 0 aliphatic carbocycles. The maximum absolute atomic E-state index is 14.1. The number of aromatic nitrogens is 1. The quantitative estimate of drug-likeness (QED) is 0.482. The molecule has 1 atom stereocenters. The van der Waals surface area contributed by atoms with Crippen molar-refractivity contribution in [3.05, 3.63) is 75.2 Å². The highest BCUT2D eigenvalue weighted by atomic mass is 35.5. The summed E-state index contributed by atoms with van der Waals surface area (Å²) in [6.07, 6.45) is 1.49. The summed E-state index contributed by atoms with van der Waals surface area (Å²) in [5, 5.41) is 3.34. The van der Waals surface area contributed by atoms with Crippen LogP contribution >= 0.6 is 11.6 Å². The number of amides is 2. The summed E-state index contributed by atoms with van der Waals surface area (Å²) in [6, 6.07) is 6.72. The van der Waals surface area contributed by atoms with Gasteiger partial charge in [-0.25, -0.2) is 13.6 Å². The Morgan fingerprint density at radius 3 is 2.60 bits per heavy atom. The molecule has 1 aromatic heterocycles. The second kappa shape index (κ2) is 9.93. The molecule has 2 N–H and O–H groups in total. The minimum Gasteiger partial charge on any atom is -0.350 e. The molecule has 35 heavy (non-hydrogen) atoms. The molecular weight excluding hydrogens is 480 g/mol. The lowest BCUT2D eigenvalue weighted by Gasteiger charge is -2.38. The molecule has 2 aromatic carbocycles. The molecule has 3 aromatic rings. The number of aromatic amines is 1. The smallest absolute Gasteiger partial charge is 0.322 e. The van der Waals surface area contributed by atoms with Crippen molar-refractivity contribution in [1.29, 1.82) is 0 Å². The van der Waals surface area contributed by atoms with Gasteiger partial charge in [0.25, 0.3) is 5.56 Å². The number of fused-ring (bicyclic) bond motifs is 1. The minimum atomic E-state index is -0.716. The second-order valence-corrected chi connectivity index (χ2v) is 9.45. The van der Waals surface area contributed by atoms with E-state index in [1.165, 1.54) is 36.5 Å². The van der Waals surface area contributed by atoms with Gasteiger partial charge in [-0.3, -0.25) is 4.79 Å². The molecule has 1 fully saturated rings. The van der Waals surface area contributed by atoms with Gasteiger partial charge >= 0.3 is 6.03 Å². The lowest BCUT2D eigenvalue weighted by molar-refractivity contribution is -0.263. The average Bonchev–Trinajstić information content (AvgIpc) is 2.80. The summed E-state index contributed by atoms with van der Waals surface area (Å²) >= 11 is 5.87. The lowest BCUT2D eigenvalue weighted by atomic mass is 10.00. The monoisotopic (exact) mass is 505 g/mol. The first-order valence-corrected chi connectivity index (χ1v) is 11.5. The Labute approximate surface area is 206 Å². The fourth-order valence-corrected chi connectivity index (χ4v) is 4.24. The summed E-state index contributed by atoms with van der Waals surface area (Å²) in [7, 11) is 0. The van der Waals surface area contributed by atoms with E-state index in [2.05, 4.69) is 10.3 Å². The highest BCUT2D eigenvalue weighted by molar-refractivity contribution is 6.31. The van der Waals surface area contributed by atoms with Crippen molar-refractivity contribution in [3.63, 3.8) is 0 Å². The van der Waals surface area contributed by atoms with Crippen LogP contribution in [0.3, 0.4) is 0 Å². The predicted molar refractivity (Wildman–Crippen MR) is 130 cm³/mol. The van der Waals surface area contributed by atoms with Gasteiger partial charge in [-0.05, 0) is 68.1 Å². The molecule has 2 amide bonds. The molecule has 10 heteroatoms. The molecule has 1 saturated heterocycles. The number of H-pyrrole nitrogens is 1. The molecule has 186 valence electrons. The number of nitrogens with zero attached hydrogens (tertiary/aromatic N) is 1. The number of rotatable bonds is 5. The number of hydrogen-bond acceptors (Lipinski definition) is 4. The van der Waals surface area contributed by atoms with Gasteiger partial charge in [0.05, 0.1) is 24.3 Å². The van der Waals surface area contributed by atoms with Crippen LogP contribution in [0.2, 0.25) is 5.02 Å². The molecule has 2 heterocycles. The Balaban J connectivity index is 1.68. The number of carbonyl (C=O) groups is 1. The summed E-state index contributed by atoms with van der Waals surface area (Å²) in [6.45, 7) is 6.39. The molecule has 1 aliphatic heterocycles. The van der Waals surface area contributed by atoms with Gasteiger partial charge in [-0.1, -0.05) is 11.6 Å². The van der Waals surface area contributed by atoms with Gasteiger partial charge in [-0.2, -0.15) is 0 Å². The summed E-state index contributed by atoms with van der Waals surface area (Å²) < 4.78 is 39.2.